The minimum absolute atomic E-state index is 0.284. The Bertz CT molecular complexity index is 1010. The van der Waals surface area contributed by atoms with Crippen molar-refractivity contribution in [2.45, 2.75) is 19.6 Å². The van der Waals surface area contributed by atoms with E-state index in [9.17, 15) is 14.7 Å². The van der Waals surface area contributed by atoms with Gasteiger partial charge in [-0.05, 0) is 12.5 Å². The summed E-state index contributed by atoms with van der Waals surface area (Å²) in [4.78, 5) is 29.3. The number of fused-ring (bicyclic) bond motifs is 1. The third-order valence-electron chi connectivity index (χ3n) is 4.09. The van der Waals surface area contributed by atoms with Gasteiger partial charge in [0.25, 0.3) is 5.56 Å². The zero-order valence-corrected chi connectivity index (χ0v) is 14.4. The standard InChI is InChI=1S/C17H21N5O3/c1-11(23)9-18-16-19-14-13(15(24)21(3)17(25)20(14)2)22(16)10-12-7-5-4-6-8-12/h4-8,11,23H,9-10H2,1-3H3,(H,18,19). The number of nitrogens with zero attached hydrogens (tertiary/aromatic N) is 4. The lowest BCUT2D eigenvalue weighted by Gasteiger charge is -2.12. The molecule has 1 unspecified atom stereocenters. The molecule has 0 spiro atoms. The van der Waals surface area contributed by atoms with Crippen molar-refractivity contribution >= 4 is 17.1 Å². The van der Waals surface area contributed by atoms with Gasteiger partial charge in [-0.2, -0.15) is 4.98 Å². The van der Waals surface area contributed by atoms with E-state index in [4.69, 9.17) is 0 Å². The van der Waals surface area contributed by atoms with Crippen LogP contribution in [0, 0.1) is 0 Å². The van der Waals surface area contributed by atoms with Crippen molar-refractivity contribution in [2.24, 2.45) is 14.1 Å². The van der Waals surface area contributed by atoms with E-state index in [-0.39, 0.29) is 6.54 Å². The van der Waals surface area contributed by atoms with Gasteiger partial charge in [-0.15, -0.1) is 0 Å². The number of benzene rings is 1. The van der Waals surface area contributed by atoms with Crippen molar-refractivity contribution in [1.29, 1.82) is 0 Å². The van der Waals surface area contributed by atoms with Crippen LogP contribution in [0.5, 0.6) is 0 Å². The molecular formula is C17H21N5O3. The second-order valence-electron chi connectivity index (χ2n) is 6.12. The van der Waals surface area contributed by atoms with Gasteiger partial charge in [-0.25, -0.2) is 4.79 Å². The third kappa shape index (κ3) is 3.08. The van der Waals surface area contributed by atoms with Crippen molar-refractivity contribution < 1.29 is 5.11 Å². The SMILES string of the molecule is CC(O)CNc1nc2c(c(=O)n(C)c(=O)n2C)n1Cc1ccccc1. The van der Waals surface area contributed by atoms with Crippen molar-refractivity contribution in [3.63, 3.8) is 0 Å². The summed E-state index contributed by atoms with van der Waals surface area (Å²) in [5.41, 5.74) is 0.840. The molecule has 0 aliphatic carbocycles. The molecule has 8 heteroatoms. The van der Waals surface area contributed by atoms with Crippen LogP contribution in [0.2, 0.25) is 0 Å². The van der Waals surface area contributed by atoms with Crippen LogP contribution in [0.3, 0.4) is 0 Å². The summed E-state index contributed by atoms with van der Waals surface area (Å²) < 4.78 is 4.17. The van der Waals surface area contributed by atoms with Crippen LogP contribution in [0.25, 0.3) is 11.2 Å². The first-order valence-electron chi connectivity index (χ1n) is 8.02. The highest BCUT2D eigenvalue weighted by Crippen LogP contribution is 2.17. The van der Waals surface area contributed by atoms with Crippen molar-refractivity contribution in [2.75, 3.05) is 11.9 Å². The first kappa shape index (κ1) is 17.0. The van der Waals surface area contributed by atoms with Gasteiger partial charge in [0.15, 0.2) is 11.2 Å². The molecule has 3 rings (SSSR count). The number of hydrogen-bond donors (Lipinski definition) is 2. The molecule has 0 fully saturated rings. The zero-order chi connectivity index (χ0) is 18.1. The number of aliphatic hydroxyl groups is 1. The van der Waals surface area contributed by atoms with E-state index in [1.165, 1.54) is 11.6 Å². The Balaban J connectivity index is 2.24. The Morgan fingerprint density at radius 3 is 2.48 bits per heavy atom. The minimum Gasteiger partial charge on any atom is -0.392 e. The van der Waals surface area contributed by atoms with Crippen molar-refractivity contribution in [3.05, 3.63) is 56.7 Å². The molecule has 0 saturated heterocycles. The fraction of sp³-hybridized carbons (Fsp3) is 0.353. The smallest absolute Gasteiger partial charge is 0.332 e. The van der Waals surface area contributed by atoms with Crippen LogP contribution >= 0.6 is 0 Å². The molecule has 25 heavy (non-hydrogen) atoms. The van der Waals surface area contributed by atoms with E-state index in [2.05, 4.69) is 10.3 Å². The van der Waals surface area contributed by atoms with Gasteiger partial charge in [0.1, 0.15) is 0 Å². The number of imidazole rings is 1. The molecule has 0 aliphatic heterocycles. The molecule has 0 aliphatic rings. The molecule has 2 N–H and O–H groups in total. The van der Waals surface area contributed by atoms with Crippen LogP contribution < -0.4 is 16.6 Å². The van der Waals surface area contributed by atoms with Crippen molar-refractivity contribution in [3.8, 4) is 0 Å². The summed E-state index contributed by atoms with van der Waals surface area (Å²) >= 11 is 0. The molecule has 1 atom stereocenters. The predicted molar refractivity (Wildman–Crippen MR) is 95.9 cm³/mol. The van der Waals surface area contributed by atoms with E-state index in [1.807, 2.05) is 30.3 Å². The molecule has 3 aromatic rings. The summed E-state index contributed by atoms with van der Waals surface area (Å²) in [6.07, 6.45) is -0.573. The number of aliphatic hydroxyl groups excluding tert-OH is 1. The van der Waals surface area contributed by atoms with Crippen LogP contribution in [-0.2, 0) is 20.6 Å². The van der Waals surface area contributed by atoms with Crippen LogP contribution in [0.4, 0.5) is 5.95 Å². The summed E-state index contributed by atoms with van der Waals surface area (Å²) in [5.74, 6) is 0.443. The highest BCUT2D eigenvalue weighted by atomic mass is 16.3. The maximum Gasteiger partial charge on any atom is 0.332 e. The van der Waals surface area contributed by atoms with Gasteiger partial charge >= 0.3 is 5.69 Å². The largest absolute Gasteiger partial charge is 0.392 e. The zero-order valence-electron chi connectivity index (χ0n) is 14.4. The number of rotatable bonds is 5. The molecule has 0 bridgehead atoms. The maximum absolute atomic E-state index is 12.7. The normalized spacial score (nSPS) is 12.5. The number of anilines is 1. The molecule has 2 heterocycles. The lowest BCUT2D eigenvalue weighted by atomic mass is 10.2. The molecule has 0 amide bonds. The number of nitrogens with one attached hydrogen (secondary N) is 1. The van der Waals surface area contributed by atoms with Crippen LogP contribution in [-0.4, -0.2) is 36.4 Å². The number of hydrogen-bond acceptors (Lipinski definition) is 5. The average Bonchev–Trinajstić information content (AvgIpc) is 2.95. The molecule has 0 saturated carbocycles. The second kappa shape index (κ2) is 6.56. The molecule has 2 aromatic heterocycles. The van der Waals surface area contributed by atoms with Crippen LogP contribution in [0.1, 0.15) is 12.5 Å². The quantitative estimate of drug-likeness (QED) is 0.694. The lowest BCUT2D eigenvalue weighted by Crippen LogP contribution is -2.37. The van der Waals surface area contributed by atoms with E-state index in [0.29, 0.717) is 23.7 Å². The van der Waals surface area contributed by atoms with Gasteiger partial charge in [-0.1, -0.05) is 30.3 Å². The Hall–Kier alpha value is -2.87. The minimum atomic E-state index is -0.573. The Morgan fingerprint density at radius 1 is 1.16 bits per heavy atom. The summed E-state index contributed by atoms with van der Waals surface area (Å²) in [6, 6.07) is 9.68. The highest BCUT2D eigenvalue weighted by molar-refractivity contribution is 5.74. The monoisotopic (exact) mass is 343 g/mol. The van der Waals surface area contributed by atoms with E-state index in [1.54, 1.807) is 18.5 Å². The van der Waals surface area contributed by atoms with Crippen molar-refractivity contribution in [1.82, 2.24) is 18.7 Å². The fourth-order valence-corrected chi connectivity index (χ4v) is 2.74. The van der Waals surface area contributed by atoms with Crippen LogP contribution in [0.15, 0.2) is 39.9 Å². The first-order chi connectivity index (χ1) is 11.9. The van der Waals surface area contributed by atoms with E-state index in [0.717, 1.165) is 10.1 Å². The van der Waals surface area contributed by atoms with Gasteiger partial charge in [0.05, 0.1) is 12.6 Å². The number of aryl methyl sites for hydroxylation is 1. The molecule has 132 valence electrons. The second-order valence-corrected chi connectivity index (χ2v) is 6.12. The summed E-state index contributed by atoms with van der Waals surface area (Å²) in [6.45, 7) is 2.37. The topological polar surface area (TPSA) is 94.1 Å². The fourth-order valence-electron chi connectivity index (χ4n) is 2.74. The molecule has 0 radical (unpaired) electrons. The maximum atomic E-state index is 12.7. The van der Waals surface area contributed by atoms with Gasteiger partial charge in [-0.3, -0.25) is 18.5 Å². The Labute approximate surface area is 144 Å². The third-order valence-corrected chi connectivity index (χ3v) is 4.09. The van der Waals surface area contributed by atoms with E-state index >= 15 is 0 Å². The number of aromatic nitrogens is 4. The molecular weight excluding hydrogens is 322 g/mol. The molecule has 1 aromatic carbocycles. The Kier molecular flexibility index (Phi) is 4.45. The van der Waals surface area contributed by atoms with E-state index < -0.39 is 17.4 Å². The van der Waals surface area contributed by atoms with Gasteiger partial charge in [0, 0.05) is 20.6 Å². The Morgan fingerprint density at radius 2 is 1.84 bits per heavy atom. The van der Waals surface area contributed by atoms with Gasteiger partial charge < -0.3 is 10.4 Å². The average molecular weight is 343 g/mol. The predicted octanol–water partition coefficient (Wildman–Crippen LogP) is 0.275. The van der Waals surface area contributed by atoms with Gasteiger partial charge in [0.2, 0.25) is 5.95 Å². The summed E-state index contributed by atoms with van der Waals surface area (Å²) in [7, 11) is 3.04. The summed E-state index contributed by atoms with van der Waals surface area (Å²) in [5, 5.41) is 12.6. The molecule has 8 nitrogen and oxygen atoms in total. The first-order valence-corrected chi connectivity index (χ1v) is 8.02. The lowest BCUT2D eigenvalue weighted by molar-refractivity contribution is 0.208. The highest BCUT2D eigenvalue weighted by Gasteiger charge is 2.19.